The van der Waals surface area contributed by atoms with Crippen LogP contribution >= 0.6 is 0 Å². The van der Waals surface area contributed by atoms with Gasteiger partial charge in [-0.25, -0.2) is 0 Å². The van der Waals surface area contributed by atoms with Gasteiger partial charge in [-0.15, -0.1) is 0 Å². The van der Waals surface area contributed by atoms with Crippen molar-refractivity contribution >= 4 is 5.97 Å². The fourth-order valence-corrected chi connectivity index (χ4v) is 1.40. The Kier molecular flexibility index (Phi) is 3.21. The molecule has 0 aromatic heterocycles. The second-order valence-corrected chi connectivity index (χ2v) is 3.21. The van der Waals surface area contributed by atoms with Crippen LogP contribution in [0.3, 0.4) is 0 Å². The summed E-state index contributed by atoms with van der Waals surface area (Å²) in [6, 6.07) is 0. The van der Waals surface area contributed by atoms with Crippen LogP contribution in [-0.4, -0.2) is 69.2 Å². The summed E-state index contributed by atoms with van der Waals surface area (Å²) >= 11 is 0. The molecule has 76 valence electrons. The van der Waals surface area contributed by atoms with E-state index in [0.29, 0.717) is 0 Å². The van der Waals surface area contributed by atoms with E-state index in [4.69, 9.17) is 10.2 Å². The molecule has 0 radical (unpaired) electrons. The zero-order valence-corrected chi connectivity index (χ0v) is 7.00. The number of piperidine rings is 1. The van der Waals surface area contributed by atoms with E-state index < -0.39 is 24.3 Å². The summed E-state index contributed by atoms with van der Waals surface area (Å²) in [7, 11) is 0. The second-order valence-electron chi connectivity index (χ2n) is 3.21. The topological polar surface area (TPSA) is 101 Å². The molecule has 1 rings (SSSR count). The smallest absolute Gasteiger partial charge is 0.317 e. The summed E-state index contributed by atoms with van der Waals surface area (Å²) < 4.78 is 0. The lowest BCUT2D eigenvalue weighted by Crippen LogP contribution is -2.56. The number of nitrogens with zero attached hydrogens (tertiary/aromatic N) is 1. The Morgan fingerprint density at radius 1 is 1.23 bits per heavy atom. The molecule has 0 bridgehead atoms. The van der Waals surface area contributed by atoms with Gasteiger partial charge < -0.3 is 20.4 Å². The standard InChI is InChI=1S/C7H13NO5/c9-4-1-8(3-6(11)12)2-5(10)7(4)13/h4-5,7,9-10,13H,1-3H2,(H,11,12)/t4-,5-/m1/s1. The van der Waals surface area contributed by atoms with Crippen LogP contribution in [-0.2, 0) is 4.79 Å². The number of carbonyl (C=O) groups is 1. The molecule has 0 aromatic carbocycles. The van der Waals surface area contributed by atoms with Crippen molar-refractivity contribution in [2.24, 2.45) is 0 Å². The highest BCUT2D eigenvalue weighted by Crippen LogP contribution is 2.11. The molecule has 1 fully saturated rings. The molecule has 13 heavy (non-hydrogen) atoms. The van der Waals surface area contributed by atoms with Crippen molar-refractivity contribution in [2.75, 3.05) is 19.6 Å². The zero-order chi connectivity index (χ0) is 10.0. The fourth-order valence-electron chi connectivity index (χ4n) is 1.40. The summed E-state index contributed by atoms with van der Waals surface area (Å²) in [5, 5.41) is 35.9. The predicted molar refractivity (Wildman–Crippen MR) is 42.1 cm³/mol. The van der Waals surface area contributed by atoms with Crippen LogP contribution in [0.25, 0.3) is 0 Å². The van der Waals surface area contributed by atoms with Crippen LogP contribution in [0.2, 0.25) is 0 Å². The van der Waals surface area contributed by atoms with E-state index in [9.17, 15) is 15.0 Å². The Hall–Kier alpha value is -0.690. The lowest BCUT2D eigenvalue weighted by Gasteiger charge is -2.35. The molecule has 0 saturated carbocycles. The van der Waals surface area contributed by atoms with E-state index in [1.165, 1.54) is 4.90 Å². The lowest BCUT2D eigenvalue weighted by molar-refractivity contribution is -0.144. The molecule has 4 N–H and O–H groups in total. The van der Waals surface area contributed by atoms with Gasteiger partial charge in [-0.3, -0.25) is 9.69 Å². The van der Waals surface area contributed by atoms with Crippen molar-refractivity contribution in [1.29, 1.82) is 0 Å². The number of aliphatic hydroxyl groups is 3. The van der Waals surface area contributed by atoms with Crippen molar-refractivity contribution in [3.05, 3.63) is 0 Å². The first-order valence-electron chi connectivity index (χ1n) is 3.99. The van der Waals surface area contributed by atoms with Crippen molar-refractivity contribution in [1.82, 2.24) is 4.90 Å². The zero-order valence-electron chi connectivity index (χ0n) is 7.00. The number of carboxylic acids is 1. The summed E-state index contributed by atoms with van der Waals surface area (Å²) in [6.45, 7) is -0.0874. The van der Waals surface area contributed by atoms with Gasteiger partial charge in [0, 0.05) is 13.1 Å². The number of aliphatic hydroxyl groups excluding tert-OH is 3. The third kappa shape index (κ3) is 2.63. The Labute approximate surface area is 75.0 Å². The molecule has 1 saturated heterocycles. The van der Waals surface area contributed by atoms with Gasteiger partial charge in [-0.2, -0.15) is 0 Å². The second kappa shape index (κ2) is 4.01. The molecule has 1 aliphatic rings. The average molecular weight is 191 g/mol. The number of β-amino-alcohol motifs (C(OH)–C–C–N with tert-alkyl or cyclic N) is 2. The maximum atomic E-state index is 10.3. The molecular weight excluding hydrogens is 178 g/mol. The lowest BCUT2D eigenvalue weighted by atomic mass is 10.0. The fraction of sp³-hybridized carbons (Fsp3) is 0.857. The first kappa shape index (κ1) is 10.4. The summed E-state index contributed by atoms with van der Waals surface area (Å²) in [5.74, 6) is -1.02. The van der Waals surface area contributed by atoms with Crippen LogP contribution in [0.5, 0.6) is 0 Å². The molecule has 0 aromatic rings. The number of aliphatic carboxylic acids is 1. The SMILES string of the molecule is O=C(O)CN1C[C@@H](O)C(O)[C@H](O)C1. The maximum absolute atomic E-state index is 10.3. The van der Waals surface area contributed by atoms with Crippen molar-refractivity contribution < 1.29 is 25.2 Å². The number of rotatable bonds is 2. The number of likely N-dealkylation sites (tertiary alicyclic amines) is 1. The molecule has 0 aliphatic carbocycles. The third-order valence-electron chi connectivity index (χ3n) is 2.04. The van der Waals surface area contributed by atoms with Gasteiger partial charge >= 0.3 is 5.97 Å². The highest BCUT2D eigenvalue weighted by molar-refractivity contribution is 5.69. The Balaban J connectivity index is 2.48. The van der Waals surface area contributed by atoms with E-state index >= 15 is 0 Å². The maximum Gasteiger partial charge on any atom is 0.317 e. The first-order chi connectivity index (χ1) is 6.00. The minimum absolute atomic E-state index is 0.0739. The molecule has 6 heteroatoms. The van der Waals surface area contributed by atoms with Gasteiger partial charge in [0.2, 0.25) is 0 Å². The minimum Gasteiger partial charge on any atom is -0.480 e. The quantitative estimate of drug-likeness (QED) is 0.384. The molecule has 2 atom stereocenters. The average Bonchev–Trinajstić information content (AvgIpc) is 1.98. The van der Waals surface area contributed by atoms with E-state index in [2.05, 4.69) is 0 Å². The van der Waals surface area contributed by atoms with Gasteiger partial charge in [0.1, 0.15) is 6.10 Å². The van der Waals surface area contributed by atoms with E-state index in [1.807, 2.05) is 0 Å². The van der Waals surface area contributed by atoms with Crippen LogP contribution in [0.1, 0.15) is 0 Å². The van der Waals surface area contributed by atoms with E-state index in [-0.39, 0.29) is 19.6 Å². The molecule has 0 unspecified atom stereocenters. The Morgan fingerprint density at radius 2 is 1.69 bits per heavy atom. The van der Waals surface area contributed by atoms with Gasteiger partial charge in [-0.1, -0.05) is 0 Å². The van der Waals surface area contributed by atoms with Gasteiger partial charge in [-0.05, 0) is 0 Å². The monoisotopic (exact) mass is 191 g/mol. The van der Waals surface area contributed by atoms with Gasteiger partial charge in [0.15, 0.2) is 0 Å². The number of hydrogen-bond donors (Lipinski definition) is 4. The van der Waals surface area contributed by atoms with Crippen molar-refractivity contribution in [2.45, 2.75) is 18.3 Å². The number of hydrogen-bond acceptors (Lipinski definition) is 5. The number of carboxylic acid groups (broad SMARTS) is 1. The molecule has 0 spiro atoms. The van der Waals surface area contributed by atoms with Crippen LogP contribution < -0.4 is 0 Å². The van der Waals surface area contributed by atoms with Crippen LogP contribution in [0.4, 0.5) is 0 Å². The van der Waals surface area contributed by atoms with E-state index in [1.54, 1.807) is 0 Å². The summed E-state index contributed by atoms with van der Waals surface area (Å²) in [6.07, 6.45) is -3.34. The first-order valence-corrected chi connectivity index (χ1v) is 3.99. The highest BCUT2D eigenvalue weighted by Gasteiger charge is 2.33. The summed E-state index contributed by atoms with van der Waals surface area (Å²) in [4.78, 5) is 11.7. The van der Waals surface area contributed by atoms with Crippen LogP contribution in [0.15, 0.2) is 0 Å². The van der Waals surface area contributed by atoms with E-state index in [0.717, 1.165) is 0 Å². The molecule has 1 heterocycles. The Bertz CT molecular complexity index is 185. The van der Waals surface area contributed by atoms with Crippen molar-refractivity contribution in [3.8, 4) is 0 Å². The van der Waals surface area contributed by atoms with Crippen LogP contribution in [0, 0.1) is 0 Å². The Morgan fingerprint density at radius 3 is 2.08 bits per heavy atom. The largest absolute Gasteiger partial charge is 0.480 e. The third-order valence-corrected chi connectivity index (χ3v) is 2.04. The minimum atomic E-state index is -1.18. The normalized spacial score (nSPS) is 31.9. The van der Waals surface area contributed by atoms with Crippen molar-refractivity contribution in [3.63, 3.8) is 0 Å². The van der Waals surface area contributed by atoms with Gasteiger partial charge in [0.25, 0.3) is 0 Å². The molecule has 0 amide bonds. The van der Waals surface area contributed by atoms with Gasteiger partial charge in [0.05, 0.1) is 18.8 Å². The molecule has 6 nitrogen and oxygen atoms in total. The molecule has 1 aliphatic heterocycles. The highest BCUT2D eigenvalue weighted by atomic mass is 16.4. The predicted octanol–water partition coefficient (Wildman–Crippen LogP) is -2.53. The molecular formula is C7H13NO5. The summed E-state index contributed by atoms with van der Waals surface area (Å²) in [5.41, 5.74) is 0.